The Kier molecular flexibility index (Phi) is 3.94. The molecule has 2 aromatic heterocycles. The van der Waals surface area contributed by atoms with Crippen LogP contribution in [-0.2, 0) is 16.0 Å². The van der Waals surface area contributed by atoms with Gasteiger partial charge in [0.1, 0.15) is 0 Å². The maximum atomic E-state index is 11.7. The number of thiophene rings is 1. The molecule has 0 unspecified atom stereocenters. The summed E-state index contributed by atoms with van der Waals surface area (Å²) < 4.78 is 6.42. The predicted octanol–water partition coefficient (Wildman–Crippen LogP) is 2.00. The molecule has 0 aliphatic heterocycles. The topological polar surface area (TPSA) is 48.3 Å². The number of nitrogens with zero attached hydrogens (tertiary/aromatic N) is 1. The summed E-state index contributed by atoms with van der Waals surface area (Å²) in [6.07, 6.45) is 1.86. The minimum atomic E-state index is -0.284. The molecular formula is C13H13NO3S. The van der Waals surface area contributed by atoms with Gasteiger partial charge in [0.15, 0.2) is 0 Å². The van der Waals surface area contributed by atoms with Gasteiger partial charge < -0.3 is 4.74 Å². The molecular weight excluding hydrogens is 250 g/mol. The molecule has 0 fully saturated rings. The Balaban J connectivity index is 2.27. The Morgan fingerprint density at radius 3 is 2.89 bits per heavy atom. The second-order valence-electron chi connectivity index (χ2n) is 3.71. The fourth-order valence-corrected chi connectivity index (χ4v) is 2.24. The highest BCUT2D eigenvalue weighted by atomic mass is 32.1. The average molecular weight is 263 g/mol. The van der Waals surface area contributed by atoms with E-state index in [1.54, 1.807) is 19.2 Å². The van der Waals surface area contributed by atoms with Gasteiger partial charge in [-0.15, -0.1) is 0 Å². The van der Waals surface area contributed by atoms with Gasteiger partial charge in [0.05, 0.1) is 18.7 Å². The summed E-state index contributed by atoms with van der Waals surface area (Å²) in [7, 11) is 0. The zero-order chi connectivity index (χ0) is 13.0. The highest BCUT2D eigenvalue weighted by Gasteiger charge is 2.06. The summed E-state index contributed by atoms with van der Waals surface area (Å²) >= 11 is 1.52. The molecule has 4 nitrogen and oxygen atoms in total. The lowest BCUT2D eigenvalue weighted by Gasteiger charge is -2.06. The molecule has 0 bridgehead atoms. The number of hydrogen-bond donors (Lipinski definition) is 0. The fourth-order valence-electron chi connectivity index (χ4n) is 1.61. The van der Waals surface area contributed by atoms with E-state index in [1.807, 2.05) is 16.8 Å². The molecule has 5 heteroatoms. The minimum absolute atomic E-state index is 0.110. The van der Waals surface area contributed by atoms with Crippen LogP contribution in [0.15, 0.2) is 40.0 Å². The van der Waals surface area contributed by atoms with E-state index in [2.05, 4.69) is 0 Å². The molecule has 2 heterocycles. The highest BCUT2D eigenvalue weighted by Crippen LogP contribution is 2.11. The number of carbonyl (C=O) groups is 1. The van der Waals surface area contributed by atoms with Crippen molar-refractivity contribution in [2.45, 2.75) is 13.3 Å². The number of carbonyl (C=O) groups excluding carboxylic acids is 1. The van der Waals surface area contributed by atoms with Crippen LogP contribution in [0.5, 0.6) is 0 Å². The lowest BCUT2D eigenvalue weighted by molar-refractivity contribution is -0.142. The largest absolute Gasteiger partial charge is 0.466 e. The molecule has 0 N–H and O–H groups in total. The van der Waals surface area contributed by atoms with Gasteiger partial charge in [-0.3, -0.25) is 14.2 Å². The quantitative estimate of drug-likeness (QED) is 0.793. The first-order valence-electron chi connectivity index (χ1n) is 5.60. The summed E-state index contributed by atoms with van der Waals surface area (Å²) in [6.45, 7) is 2.13. The van der Waals surface area contributed by atoms with E-state index in [9.17, 15) is 9.59 Å². The van der Waals surface area contributed by atoms with Crippen molar-refractivity contribution in [3.8, 4) is 5.69 Å². The molecule has 0 spiro atoms. The summed E-state index contributed by atoms with van der Waals surface area (Å²) in [5, 5.41) is 3.79. The molecule has 0 saturated carbocycles. The standard InChI is InChI=1S/C13H13NO3S/c1-2-17-13(16)7-10-3-4-12(15)14(8-10)11-5-6-18-9-11/h3-6,8-9H,2,7H2,1H3. The lowest BCUT2D eigenvalue weighted by Crippen LogP contribution is -2.18. The van der Waals surface area contributed by atoms with Gasteiger partial charge in [-0.1, -0.05) is 6.07 Å². The number of pyridine rings is 1. The van der Waals surface area contributed by atoms with Gasteiger partial charge in [0, 0.05) is 17.6 Å². The Morgan fingerprint density at radius 1 is 1.39 bits per heavy atom. The van der Waals surface area contributed by atoms with Gasteiger partial charge >= 0.3 is 5.97 Å². The van der Waals surface area contributed by atoms with E-state index >= 15 is 0 Å². The van der Waals surface area contributed by atoms with Crippen molar-refractivity contribution in [1.29, 1.82) is 0 Å². The molecule has 2 rings (SSSR count). The van der Waals surface area contributed by atoms with Crippen LogP contribution in [0.2, 0.25) is 0 Å². The number of aromatic nitrogens is 1. The van der Waals surface area contributed by atoms with Crippen molar-refractivity contribution in [1.82, 2.24) is 4.57 Å². The van der Waals surface area contributed by atoms with Crippen molar-refractivity contribution in [2.75, 3.05) is 6.61 Å². The van der Waals surface area contributed by atoms with E-state index in [0.717, 1.165) is 11.3 Å². The predicted molar refractivity (Wildman–Crippen MR) is 70.3 cm³/mol. The summed E-state index contributed by atoms with van der Waals surface area (Å²) in [6, 6.07) is 4.98. The van der Waals surface area contributed by atoms with Gasteiger partial charge in [-0.2, -0.15) is 11.3 Å². The monoisotopic (exact) mass is 263 g/mol. The normalized spacial score (nSPS) is 10.3. The van der Waals surface area contributed by atoms with Gasteiger partial charge in [-0.25, -0.2) is 0 Å². The number of rotatable bonds is 4. The smallest absolute Gasteiger partial charge is 0.310 e. The highest BCUT2D eigenvalue weighted by molar-refractivity contribution is 7.08. The van der Waals surface area contributed by atoms with Crippen LogP contribution in [0.3, 0.4) is 0 Å². The number of esters is 1. The SMILES string of the molecule is CCOC(=O)Cc1ccc(=O)n(-c2ccsc2)c1. The first-order valence-corrected chi connectivity index (χ1v) is 6.54. The zero-order valence-electron chi connectivity index (χ0n) is 9.96. The van der Waals surface area contributed by atoms with Gasteiger partial charge in [0.2, 0.25) is 0 Å². The zero-order valence-corrected chi connectivity index (χ0v) is 10.8. The Hall–Kier alpha value is -1.88. The van der Waals surface area contributed by atoms with E-state index < -0.39 is 0 Å². The molecule has 0 saturated heterocycles. The van der Waals surface area contributed by atoms with Crippen molar-refractivity contribution in [2.24, 2.45) is 0 Å². The van der Waals surface area contributed by atoms with E-state index in [1.165, 1.54) is 22.0 Å². The van der Waals surface area contributed by atoms with E-state index in [-0.39, 0.29) is 17.9 Å². The second kappa shape index (κ2) is 5.64. The molecule has 0 amide bonds. The molecule has 2 aromatic rings. The number of hydrogen-bond acceptors (Lipinski definition) is 4. The summed E-state index contributed by atoms with van der Waals surface area (Å²) in [5.41, 5.74) is 1.47. The number of ether oxygens (including phenoxy) is 1. The molecule has 0 atom stereocenters. The van der Waals surface area contributed by atoms with Crippen molar-refractivity contribution < 1.29 is 9.53 Å². The van der Waals surface area contributed by atoms with Crippen molar-refractivity contribution in [3.05, 3.63) is 51.1 Å². The third-order valence-corrected chi connectivity index (χ3v) is 3.08. The van der Waals surface area contributed by atoms with Gasteiger partial charge in [-0.05, 0) is 23.9 Å². The maximum Gasteiger partial charge on any atom is 0.310 e. The second-order valence-corrected chi connectivity index (χ2v) is 4.49. The average Bonchev–Trinajstić information content (AvgIpc) is 2.85. The molecule has 18 heavy (non-hydrogen) atoms. The van der Waals surface area contributed by atoms with Crippen LogP contribution in [0.1, 0.15) is 12.5 Å². The molecule has 94 valence electrons. The Labute approximate surface area is 108 Å². The summed E-state index contributed by atoms with van der Waals surface area (Å²) in [4.78, 5) is 23.1. The first-order chi connectivity index (χ1) is 8.70. The first kappa shape index (κ1) is 12.6. The van der Waals surface area contributed by atoms with Gasteiger partial charge in [0.25, 0.3) is 5.56 Å². The Bertz CT molecular complexity index is 587. The third kappa shape index (κ3) is 2.87. The van der Waals surface area contributed by atoms with E-state index in [0.29, 0.717) is 6.61 Å². The van der Waals surface area contributed by atoms with Crippen LogP contribution in [0, 0.1) is 0 Å². The van der Waals surface area contributed by atoms with Crippen LogP contribution in [0.25, 0.3) is 5.69 Å². The molecule has 0 aliphatic rings. The van der Waals surface area contributed by atoms with Crippen molar-refractivity contribution in [3.63, 3.8) is 0 Å². The van der Waals surface area contributed by atoms with Crippen LogP contribution >= 0.6 is 11.3 Å². The molecule has 0 radical (unpaired) electrons. The van der Waals surface area contributed by atoms with Crippen molar-refractivity contribution >= 4 is 17.3 Å². The lowest BCUT2D eigenvalue weighted by atomic mass is 10.2. The molecule has 0 aliphatic carbocycles. The summed E-state index contributed by atoms with van der Waals surface area (Å²) in [5.74, 6) is -0.284. The van der Waals surface area contributed by atoms with Crippen LogP contribution in [-0.4, -0.2) is 17.1 Å². The third-order valence-electron chi connectivity index (χ3n) is 2.41. The van der Waals surface area contributed by atoms with Crippen LogP contribution in [0.4, 0.5) is 0 Å². The molecule has 0 aromatic carbocycles. The van der Waals surface area contributed by atoms with Crippen LogP contribution < -0.4 is 5.56 Å². The van der Waals surface area contributed by atoms with E-state index in [4.69, 9.17) is 4.74 Å². The minimum Gasteiger partial charge on any atom is -0.466 e. The fraction of sp³-hybridized carbons (Fsp3) is 0.231. The maximum absolute atomic E-state index is 11.7. The Morgan fingerprint density at radius 2 is 2.22 bits per heavy atom.